The summed E-state index contributed by atoms with van der Waals surface area (Å²) in [6.45, 7) is 0.673. The number of pyridine rings is 1. The smallest absolute Gasteiger partial charge is 0.210 e. The molecule has 4 nitrogen and oxygen atoms in total. The van der Waals surface area contributed by atoms with Crippen molar-refractivity contribution in [2.75, 3.05) is 6.54 Å². The molecule has 1 unspecified atom stereocenters. The number of Topliss-reactive ketones (excluding diaryl/α,β-unsaturated/α-hetero) is 1. The van der Waals surface area contributed by atoms with E-state index in [-0.39, 0.29) is 11.8 Å². The van der Waals surface area contributed by atoms with Crippen LogP contribution < -0.4 is 0 Å². The van der Waals surface area contributed by atoms with Crippen LogP contribution in [0.25, 0.3) is 0 Å². The van der Waals surface area contributed by atoms with E-state index < -0.39 is 0 Å². The predicted octanol–water partition coefficient (Wildman–Crippen LogP) is 0.495. The second-order valence-electron chi connectivity index (χ2n) is 3.23. The third-order valence-corrected chi connectivity index (χ3v) is 2.42. The molecule has 2 rings (SSSR count). The molecule has 72 valence electrons. The van der Waals surface area contributed by atoms with Crippen LogP contribution in [0.3, 0.4) is 0 Å². The molecule has 0 spiro atoms. The summed E-state index contributed by atoms with van der Waals surface area (Å²) >= 11 is 0. The maximum Gasteiger partial charge on any atom is 0.210 e. The van der Waals surface area contributed by atoms with Crippen LogP contribution in [0.4, 0.5) is 0 Å². The molecular weight excluding hydrogens is 180 g/mol. The molecule has 1 aliphatic heterocycles. The van der Waals surface area contributed by atoms with E-state index in [1.165, 1.54) is 4.90 Å². The molecule has 2 heterocycles. The quantitative estimate of drug-likeness (QED) is 0.515. The van der Waals surface area contributed by atoms with E-state index in [4.69, 9.17) is 0 Å². The molecule has 1 saturated heterocycles. The van der Waals surface area contributed by atoms with Crippen molar-refractivity contribution in [1.82, 2.24) is 9.88 Å². The van der Waals surface area contributed by atoms with Crippen molar-refractivity contribution in [2.45, 2.75) is 12.5 Å². The number of amides is 1. The molecule has 0 aliphatic carbocycles. The maximum atomic E-state index is 11.7. The molecule has 0 N–H and O–H groups in total. The van der Waals surface area contributed by atoms with Gasteiger partial charge in [0.2, 0.25) is 12.2 Å². The Morgan fingerprint density at radius 2 is 2.43 bits per heavy atom. The summed E-state index contributed by atoms with van der Waals surface area (Å²) in [4.78, 5) is 27.7. The first kappa shape index (κ1) is 8.87. The van der Waals surface area contributed by atoms with Crippen molar-refractivity contribution in [2.24, 2.45) is 0 Å². The molecule has 14 heavy (non-hydrogen) atoms. The van der Waals surface area contributed by atoms with Gasteiger partial charge < -0.3 is 4.90 Å². The molecule has 1 aromatic heterocycles. The number of nitrogens with zero attached hydrogens (tertiary/aromatic N) is 2. The fraction of sp³-hybridized carbons (Fsp3) is 0.300. The van der Waals surface area contributed by atoms with Crippen LogP contribution in [-0.4, -0.2) is 34.7 Å². The van der Waals surface area contributed by atoms with Gasteiger partial charge in [0.05, 0.1) is 6.04 Å². The normalized spacial score (nSPS) is 20.0. The lowest BCUT2D eigenvalue weighted by Crippen LogP contribution is -2.51. The Hall–Kier alpha value is -1.71. The number of ketones is 1. The molecule has 1 atom stereocenters. The summed E-state index contributed by atoms with van der Waals surface area (Å²) in [5, 5.41) is 0. The first-order valence-corrected chi connectivity index (χ1v) is 4.49. The van der Waals surface area contributed by atoms with Gasteiger partial charge >= 0.3 is 0 Å². The zero-order chi connectivity index (χ0) is 9.97. The summed E-state index contributed by atoms with van der Waals surface area (Å²) in [7, 11) is 0. The summed E-state index contributed by atoms with van der Waals surface area (Å²) in [5.41, 5.74) is 0.434. The van der Waals surface area contributed by atoms with Gasteiger partial charge in [-0.1, -0.05) is 6.07 Å². The molecule has 1 fully saturated rings. The number of likely N-dealkylation sites (tertiary alicyclic amines) is 1. The highest BCUT2D eigenvalue weighted by atomic mass is 16.2. The van der Waals surface area contributed by atoms with Gasteiger partial charge in [0.1, 0.15) is 5.69 Å². The minimum atomic E-state index is -0.289. The first-order valence-electron chi connectivity index (χ1n) is 4.49. The van der Waals surface area contributed by atoms with Gasteiger partial charge in [-0.05, 0) is 18.6 Å². The number of carbonyl (C=O) groups is 2. The van der Waals surface area contributed by atoms with E-state index in [1.807, 2.05) is 0 Å². The average molecular weight is 190 g/mol. The zero-order valence-electron chi connectivity index (χ0n) is 7.59. The molecular formula is C10H10N2O2. The predicted molar refractivity (Wildman–Crippen MR) is 49.7 cm³/mol. The van der Waals surface area contributed by atoms with Gasteiger partial charge in [0.15, 0.2) is 0 Å². The van der Waals surface area contributed by atoms with Gasteiger partial charge in [-0.15, -0.1) is 0 Å². The van der Waals surface area contributed by atoms with Crippen LogP contribution in [-0.2, 0) is 4.79 Å². The Labute approximate surface area is 81.6 Å². The topological polar surface area (TPSA) is 50.3 Å². The standard InChI is InChI=1S/C10H10N2O2/c13-7-12-6-4-9(12)10(14)8-3-1-2-5-11-8/h1-3,5,7,9H,4,6H2. The minimum absolute atomic E-state index is 0.0658. The Bertz CT molecular complexity index is 350. The second-order valence-corrected chi connectivity index (χ2v) is 3.23. The lowest BCUT2D eigenvalue weighted by Gasteiger charge is -2.36. The molecule has 1 aliphatic rings. The van der Waals surface area contributed by atoms with Crippen LogP contribution in [0.2, 0.25) is 0 Å². The lowest BCUT2D eigenvalue weighted by molar-refractivity contribution is -0.123. The molecule has 0 bridgehead atoms. The van der Waals surface area contributed by atoms with E-state index >= 15 is 0 Å². The van der Waals surface area contributed by atoms with Gasteiger partial charge in [-0.25, -0.2) is 0 Å². The lowest BCUT2D eigenvalue weighted by atomic mass is 9.97. The van der Waals surface area contributed by atoms with Crippen LogP contribution >= 0.6 is 0 Å². The molecule has 4 heteroatoms. The first-order chi connectivity index (χ1) is 6.83. The van der Waals surface area contributed by atoms with Crippen molar-refractivity contribution < 1.29 is 9.59 Å². The van der Waals surface area contributed by atoms with E-state index in [2.05, 4.69) is 4.98 Å². The fourth-order valence-corrected chi connectivity index (χ4v) is 1.49. The molecule has 0 radical (unpaired) electrons. The molecule has 1 aromatic rings. The number of rotatable bonds is 3. The van der Waals surface area contributed by atoms with Gasteiger partial charge in [-0.3, -0.25) is 14.6 Å². The SMILES string of the molecule is O=CN1CCC1C(=O)c1ccccn1. The maximum absolute atomic E-state index is 11.7. The number of carbonyl (C=O) groups excluding carboxylic acids is 2. The van der Waals surface area contributed by atoms with Crippen molar-refractivity contribution in [3.8, 4) is 0 Å². The van der Waals surface area contributed by atoms with Crippen molar-refractivity contribution >= 4 is 12.2 Å². The van der Waals surface area contributed by atoms with E-state index in [1.54, 1.807) is 24.4 Å². The largest absolute Gasteiger partial charge is 0.335 e. The summed E-state index contributed by atoms with van der Waals surface area (Å²) in [6.07, 6.45) is 3.04. The van der Waals surface area contributed by atoms with Gasteiger partial charge in [0, 0.05) is 12.7 Å². The van der Waals surface area contributed by atoms with E-state index in [0.717, 1.165) is 12.8 Å². The highest BCUT2D eigenvalue weighted by Gasteiger charge is 2.33. The third kappa shape index (κ3) is 1.39. The van der Waals surface area contributed by atoms with Crippen molar-refractivity contribution in [3.05, 3.63) is 30.1 Å². The number of aromatic nitrogens is 1. The van der Waals surface area contributed by atoms with Crippen LogP contribution in [0.15, 0.2) is 24.4 Å². The van der Waals surface area contributed by atoms with Gasteiger partial charge in [-0.2, -0.15) is 0 Å². The molecule has 0 aromatic carbocycles. The van der Waals surface area contributed by atoms with Crippen LogP contribution in [0.1, 0.15) is 16.9 Å². The summed E-state index contributed by atoms with van der Waals surface area (Å²) in [5.74, 6) is -0.0658. The molecule has 0 saturated carbocycles. The average Bonchev–Trinajstić information content (AvgIpc) is 2.18. The Kier molecular flexibility index (Phi) is 2.26. The highest BCUT2D eigenvalue weighted by Crippen LogP contribution is 2.18. The van der Waals surface area contributed by atoms with Crippen molar-refractivity contribution in [1.29, 1.82) is 0 Å². The summed E-state index contributed by atoms with van der Waals surface area (Å²) < 4.78 is 0. The minimum Gasteiger partial charge on any atom is -0.335 e. The van der Waals surface area contributed by atoms with E-state index in [9.17, 15) is 9.59 Å². The van der Waals surface area contributed by atoms with Crippen molar-refractivity contribution in [3.63, 3.8) is 0 Å². The fourth-order valence-electron chi connectivity index (χ4n) is 1.49. The zero-order valence-corrected chi connectivity index (χ0v) is 7.59. The van der Waals surface area contributed by atoms with Gasteiger partial charge in [0.25, 0.3) is 0 Å². The second kappa shape index (κ2) is 3.57. The number of hydrogen-bond donors (Lipinski definition) is 0. The third-order valence-electron chi connectivity index (χ3n) is 2.42. The monoisotopic (exact) mass is 190 g/mol. The van der Waals surface area contributed by atoms with Crippen LogP contribution in [0, 0.1) is 0 Å². The van der Waals surface area contributed by atoms with E-state index in [0.29, 0.717) is 12.2 Å². The van der Waals surface area contributed by atoms with Crippen LogP contribution in [0.5, 0.6) is 0 Å². The summed E-state index contributed by atoms with van der Waals surface area (Å²) in [6, 6.07) is 4.91. The highest BCUT2D eigenvalue weighted by molar-refractivity contribution is 6.00. The molecule has 1 amide bonds. The Morgan fingerprint density at radius 3 is 2.93 bits per heavy atom. The Morgan fingerprint density at radius 1 is 1.57 bits per heavy atom. The number of hydrogen-bond acceptors (Lipinski definition) is 3. The Balaban J connectivity index is 2.13.